The molecular formula is C74H64F6N2. The highest BCUT2D eigenvalue weighted by molar-refractivity contribution is 6.13. The van der Waals surface area contributed by atoms with E-state index in [0.29, 0.717) is 22.1 Å². The monoisotopic (exact) mass is 1090 g/mol. The lowest BCUT2D eigenvalue weighted by molar-refractivity contribution is -0.138. The molecule has 0 radical (unpaired) electrons. The van der Waals surface area contributed by atoms with E-state index >= 15 is 13.2 Å². The van der Waals surface area contributed by atoms with Crippen molar-refractivity contribution in [2.45, 2.75) is 95.4 Å². The molecule has 10 aromatic rings. The molecule has 2 unspecified atom stereocenters. The average molecular weight is 1100 g/mol. The molecule has 82 heavy (non-hydrogen) atoms. The minimum Gasteiger partial charge on any atom is -0.308 e. The quantitative estimate of drug-likeness (QED) is 0.152. The van der Waals surface area contributed by atoms with Crippen LogP contribution < -0.4 is 10.4 Å². The Balaban J connectivity index is 1.30. The minimum atomic E-state index is -5.04. The van der Waals surface area contributed by atoms with Gasteiger partial charge in [-0.25, -0.2) is 0 Å². The number of fused-ring (bicyclic) bond motifs is 6. The molecule has 2 aliphatic carbocycles. The van der Waals surface area contributed by atoms with Crippen LogP contribution in [0.1, 0.15) is 86.1 Å². The SMILES string of the molecule is CC1=CC(C)C(=c2ccc3c4ccc(=C5C(C)=CC(C)=CC5C)cc4n(-c4cc(-c5cccc(C(F)(F)F)c5)cc(-n5c6cc(-c7c(C)cc(C)cc7C)ccc6c6ccc(-c7c(C)cc(C)cc7C)cc65)c4C(F)(F)F)c3c2)C(C)=C1. The van der Waals surface area contributed by atoms with Crippen molar-refractivity contribution in [3.8, 4) is 44.8 Å². The Morgan fingerprint density at radius 1 is 0.378 bits per heavy atom. The van der Waals surface area contributed by atoms with Gasteiger partial charge in [-0.15, -0.1) is 0 Å². The highest BCUT2D eigenvalue weighted by Gasteiger charge is 2.40. The first-order chi connectivity index (χ1) is 38.8. The van der Waals surface area contributed by atoms with Crippen molar-refractivity contribution in [3.05, 3.63) is 235 Å². The predicted molar refractivity (Wildman–Crippen MR) is 329 cm³/mol. The van der Waals surface area contributed by atoms with Gasteiger partial charge >= 0.3 is 12.4 Å². The lowest BCUT2D eigenvalue weighted by Gasteiger charge is -2.24. The lowest BCUT2D eigenvalue weighted by atomic mass is 9.85. The van der Waals surface area contributed by atoms with Gasteiger partial charge < -0.3 is 9.13 Å². The van der Waals surface area contributed by atoms with Gasteiger partial charge in [-0.3, -0.25) is 0 Å². The van der Waals surface area contributed by atoms with Gasteiger partial charge in [0, 0.05) is 33.4 Å². The molecule has 2 aromatic heterocycles. The Morgan fingerprint density at radius 2 is 0.768 bits per heavy atom. The van der Waals surface area contributed by atoms with E-state index in [0.717, 1.165) is 133 Å². The molecule has 0 amide bonds. The summed E-state index contributed by atoms with van der Waals surface area (Å²) in [6.07, 6.45) is -1.11. The van der Waals surface area contributed by atoms with Gasteiger partial charge in [-0.1, -0.05) is 145 Å². The standard InChI is InChI=1S/C74H64F6N2/c1-39-24-43(5)68(44(6)25-39)52-16-20-58-59-21-17-53(69-45(7)26-40(2)27-46(69)8)34-63(59)81(62(58)33-52)66-37-56(51-14-13-15-57(32-51)73(75,76)77)38-67(72(66)74(78,79)80)82-64-35-54(70-47(9)28-41(3)29-48(70)10)18-22-60(64)61-23-19-55(36-65(61)82)71-49(11)30-42(4)31-50(71)12/h13-38,43,45H,1-12H3. The molecule has 0 spiro atoms. The fraction of sp³-hybridized carbons (Fsp3) is 0.216. The van der Waals surface area contributed by atoms with Crippen LogP contribution in [0.3, 0.4) is 0 Å². The molecule has 8 aromatic carbocycles. The largest absolute Gasteiger partial charge is 0.420 e. The van der Waals surface area contributed by atoms with Gasteiger partial charge in [0.1, 0.15) is 5.56 Å². The van der Waals surface area contributed by atoms with Crippen molar-refractivity contribution in [3.63, 3.8) is 0 Å². The number of aromatic nitrogens is 2. The van der Waals surface area contributed by atoms with E-state index in [1.54, 1.807) is 15.2 Å². The zero-order chi connectivity index (χ0) is 58.2. The summed E-state index contributed by atoms with van der Waals surface area (Å²) in [6.45, 7) is 24.8. The zero-order valence-corrected chi connectivity index (χ0v) is 48.3. The number of benzene rings is 8. The van der Waals surface area contributed by atoms with Crippen molar-refractivity contribution < 1.29 is 26.3 Å². The van der Waals surface area contributed by atoms with Gasteiger partial charge in [-0.05, 0) is 206 Å². The maximum absolute atomic E-state index is 17.6. The molecule has 0 saturated heterocycles. The number of hydrogen-bond donors (Lipinski definition) is 0. The smallest absolute Gasteiger partial charge is 0.308 e. The average Bonchev–Trinajstić information content (AvgIpc) is 3.96. The predicted octanol–water partition coefficient (Wildman–Crippen LogP) is 20.2. The normalized spacial score (nSPS) is 17.5. The van der Waals surface area contributed by atoms with Crippen LogP contribution in [0, 0.1) is 53.4 Å². The topological polar surface area (TPSA) is 9.86 Å². The summed E-state index contributed by atoms with van der Waals surface area (Å²) in [6, 6.07) is 40.5. The molecule has 2 nitrogen and oxygen atoms in total. The lowest BCUT2D eigenvalue weighted by Crippen LogP contribution is -2.18. The van der Waals surface area contributed by atoms with Gasteiger partial charge in [0.15, 0.2) is 0 Å². The number of rotatable bonds is 5. The molecule has 8 heteroatoms. The second-order valence-corrected chi connectivity index (χ2v) is 23.5. The van der Waals surface area contributed by atoms with Crippen LogP contribution in [0.2, 0.25) is 0 Å². The Labute approximate surface area is 475 Å². The molecule has 0 N–H and O–H groups in total. The summed E-state index contributed by atoms with van der Waals surface area (Å²) in [5.41, 5.74) is 16.6. The van der Waals surface area contributed by atoms with E-state index in [2.05, 4.69) is 102 Å². The van der Waals surface area contributed by atoms with Crippen LogP contribution >= 0.6 is 0 Å². The van der Waals surface area contributed by atoms with Crippen LogP contribution in [-0.2, 0) is 12.4 Å². The van der Waals surface area contributed by atoms with Crippen molar-refractivity contribution in [2.24, 2.45) is 11.8 Å². The summed E-state index contributed by atoms with van der Waals surface area (Å²) in [5.74, 6) is 0.0166. The van der Waals surface area contributed by atoms with Crippen LogP contribution in [-0.4, -0.2) is 9.13 Å². The summed E-state index contributed by atoms with van der Waals surface area (Å²) < 4.78 is 101. The molecule has 2 atom stereocenters. The maximum atomic E-state index is 17.6. The number of halogens is 6. The number of alkyl halides is 6. The number of allylic oxidation sites excluding steroid dienone is 8. The first kappa shape index (κ1) is 54.2. The Morgan fingerprint density at radius 3 is 1.15 bits per heavy atom. The highest BCUT2D eigenvalue weighted by Crippen LogP contribution is 2.48. The fourth-order valence-electron chi connectivity index (χ4n) is 14.4. The van der Waals surface area contributed by atoms with Gasteiger partial charge in [0.2, 0.25) is 0 Å². The number of nitrogens with zero attached hydrogens (tertiary/aromatic N) is 2. The van der Waals surface area contributed by atoms with Gasteiger partial charge in [0.05, 0.1) is 39.0 Å². The Kier molecular flexibility index (Phi) is 13.0. The molecule has 0 fully saturated rings. The third kappa shape index (κ3) is 9.15. The van der Waals surface area contributed by atoms with Gasteiger partial charge in [-0.2, -0.15) is 26.3 Å². The first-order valence-corrected chi connectivity index (χ1v) is 28.1. The van der Waals surface area contributed by atoms with Crippen LogP contribution in [0.5, 0.6) is 0 Å². The summed E-state index contributed by atoms with van der Waals surface area (Å²) in [7, 11) is 0. The fourth-order valence-corrected chi connectivity index (χ4v) is 14.4. The van der Waals surface area contributed by atoms with Crippen LogP contribution in [0.15, 0.2) is 180 Å². The Bertz CT molecular complexity index is 4400. The van der Waals surface area contributed by atoms with E-state index in [4.69, 9.17) is 0 Å². The Hall–Kier alpha value is -8.36. The van der Waals surface area contributed by atoms with Crippen LogP contribution in [0.4, 0.5) is 26.3 Å². The zero-order valence-electron chi connectivity index (χ0n) is 48.3. The second kappa shape index (κ2) is 19.7. The van der Waals surface area contributed by atoms with Crippen molar-refractivity contribution in [2.75, 3.05) is 0 Å². The van der Waals surface area contributed by atoms with Crippen molar-refractivity contribution in [1.29, 1.82) is 0 Å². The molecule has 12 rings (SSSR count). The second-order valence-electron chi connectivity index (χ2n) is 23.5. The summed E-state index contributed by atoms with van der Waals surface area (Å²) in [5, 5.41) is 4.67. The maximum Gasteiger partial charge on any atom is 0.420 e. The third-order valence-corrected chi connectivity index (χ3v) is 17.1. The molecule has 412 valence electrons. The number of aryl methyl sites for hydroxylation is 6. The molecule has 0 bridgehead atoms. The molecule has 2 heterocycles. The molecule has 0 aliphatic heterocycles. The minimum absolute atomic E-state index is 0.00831. The summed E-state index contributed by atoms with van der Waals surface area (Å²) >= 11 is 0. The van der Waals surface area contributed by atoms with Gasteiger partial charge in [0.25, 0.3) is 0 Å². The summed E-state index contributed by atoms with van der Waals surface area (Å²) in [4.78, 5) is 0. The molecule has 0 saturated carbocycles. The van der Waals surface area contributed by atoms with E-state index in [-0.39, 0.29) is 34.3 Å². The van der Waals surface area contributed by atoms with E-state index < -0.39 is 23.5 Å². The van der Waals surface area contributed by atoms with E-state index in [1.165, 1.54) is 18.2 Å². The van der Waals surface area contributed by atoms with E-state index in [9.17, 15) is 13.2 Å². The third-order valence-electron chi connectivity index (χ3n) is 17.1. The molecule has 2 aliphatic rings. The number of hydrogen-bond acceptors (Lipinski definition) is 0. The van der Waals surface area contributed by atoms with Crippen molar-refractivity contribution in [1.82, 2.24) is 9.13 Å². The highest BCUT2D eigenvalue weighted by atomic mass is 19.4. The first-order valence-electron chi connectivity index (χ1n) is 28.1. The molecular weight excluding hydrogens is 1030 g/mol. The van der Waals surface area contributed by atoms with E-state index in [1.807, 2.05) is 102 Å². The van der Waals surface area contributed by atoms with Crippen LogP contribution in [0.25, 0.3) is 99.5 Å². The van der Waals surface area contributed by atoms with Crippen molar-refractivity contribution >= 4 is 54.8 Å².